The number of hydrogen-bond acceptors (Lipinski definition) is 4. The molecule has 1 aromatic heterocycles. The van der Waals surface area contributed by atoms with Crippen LogP contribution in [-0.2, 0) is 0 Å². The molecule has 0 bridgehead atoms. The number of hydrogen-bond donors (Lipinski definition) is 1. The zero-order valence-electron chi connectivity index (χ0n) is 13.0. The molecule has 0 radical (unpaired) electrons. The number of methoxy groups -OCH3 is 1. The van der Waals surface area contributed by atoms with Crippen molar-refractivity contribution in [3.05, 3.63) is 65.7 Å². The molecule has 0 amide bonds. The first-order valence-electron chi connectivity index (χ1n) is 7.18. The summed E-state index contributed by atoms with van der Waals surface area (Å²) in [5.74, 6) is 0.660. The first-order valence-corrected chi connectivity index (χ1v) is 7.18. The number of phenols is 1. The Kier molecular flexibility index (Phi) is 4.10. The molecule has 0 fully saturated rings. The molecule has 2 aromatic carbocycles. The second-order valence-corrected chi connectivity index (χ2v) is 5.15. The van der Waals surface area contributed by atoms with Crippen molar-refractivity contribution in [2.75, 3.05) is 7.11 Å². The lowest BCUT2D eigenvalue weighted by molar-refractivity contribution is 0.371. The third-order valence-corrected chi connectivity index (χ3v) is 3.55. The maximum absolute atomic E-state index is 9.87. The van der Waals surface area contributed by atoms with Crippen molar-refractivity contribution in [3.8, 4) is 17.2 Å². The number of phenolic OH excluding ortho intramolecular Hbond substituents is 1. The summed E-state index contributed by atoms with van der Waals surface area (Å²) >= 11 is 0. The van der Waals surface area contributed by atoms with Crippen molar-refractivity contribution in [1.82, 2.24) is 14.8 Å². The number of aromatic hydroxyl groups is 1. The van der Waals surface area contributed by atoms with Crippen molar-refractivity contribution < 1.29 is 9.84 Å². The van der Waals surface area contributed by atoms with Crippen molar-refractivity contribution in [2.45, 2.75) is 6.92 Å². The van der Waals surface area contributed by atoms with Crippen LogP contribution in [0.4, 0.5) is 0 Å². The Morgan fingerprint density at radius 2 is 1.83 bits per heavy atom. The van der Waals surface area contributed by atoms with Crippen LogP contribution in [0.3, 0.4) is 0 Å². The van der Waals surface area contributed by atoms with Crippen molar-refractivity contribution in [3.63, 3.8) is 0 Å². The first-order chi connectivity index (χ1) is 11.2. The van der Waals surface area contributed by atoms with E-state index in [0.29, 0.717) is 5.75 Å². The second kappa shape index (κ2) is 6.36. The molecule has 23 heavy (non-hydrogen) atoms. The van der Waals surface area contributed by atoms with Gasteiger partial charge in [-0.05, 0) is 47.9 Å². The number of aryl methyl sites for hydroxylation is 1. The summed E-state index contributed by atoms with van der Waals surface area (Å²) < 4.78 is 6.89. The van der Waals surface area contributed by atoms with Crippen LogP contribution < -0.4 is 4.74 Å². The molecule has 0 atom stereocenters. The van der Waals surface area contributed by atoms with E-state index in [1.54, 1.807) is 18.1 Å². The van der Waals surface area contributed by atoms with Crippen LogP contribution in [0.25, 0.3) is 17.8 Å². The Balaban J connectivity index is 1.81. The SMILES string of the molecule is COc1cc(/C=C/c2ccc(-n3cncn3)cc2)cc(C)c1O. The number of rotatable bonds is 4. The molecule has 0 saturated carbocycles. The van der Waals surface area contributed by atoms with Crippen LogP contribution in [0.2, 0.25) is 0 Å². The van der Waals surface area contributed by atoms with Crippen LogP contribution in [-0.4, -0.2) is 27.0 Å². The van der Waals surface area contributed by atoms with Gasteiger partial charge in [-0.1, -0.05) is 24.3 Å². The number of benzene rings is 2. The fourth-order valence-electron chi connectivity index (χ4n) is 2.30. The van der Waals surface area contributed by atoms with Gasteiger partial charge in [-0.3, -0.25) is 0 Å². The summed E-state index contributed by atoms with van der Waals surface area (Å²) in [6.45, 7) is 1.85. The Morgan fingerprint density at radius 1 is 1.09 bits per heavy atom. The smallest absolute Gasteiger partial charge is 0.161 e. The highest BCUT2D eigenvalue weighted by molar-refractivity contribution is 5.72. The van der Waals surface area contributed by atoms with Crippen molar-refractivity contribution >= 4 is 12.2 Å². The molecular weight excluding hydrogens is 290 g/mol. The summed E-state index contributed by atoms with van der Waals surface area (Å²) in [4.78, 5) is 3.93. The summed E-state index contributed by atoms with van der Waals surface area (Å²) in [7, 11) is 1.55. The van der Waals surface area contributed by atoms with Gasteiger partial charge < -0.3 is 9.84 Å². The van der Waals surface area contributed by atoms with E-state index in [2.05, 4.69) is 10.1 Å². The van der Waals surface area contributed by atoms with Gasteiger partial charge in [0.1, 0.15) is 12.7 Å². The highest BCUT2D eigenvalue weighted by atomic mass is 16.5. The summed E-state index contributed by atoms with van der Waals surface area (Å²) in [5.41, 5.74) is 3.78. The molecule has 0 aliphatic carbocycles. The van der Waals surface area contributed by atoms with E-state index in [0.717, 1.165) is 22.4 Å². The van der Waals surface area contributed by atoms with E-state index >= 15 is 0 Å². The van der Waals surface area contributed by atoms with Crippen LogP contribution in [0, 0.1) is 6.92 Å². The normalized spacial score (nSPS) is 11.0. The Bertz CT molecular complexity index is 822. The van der Waals surface area contributed by atoms with Gasteiger partial charge in [-0.2, -0.15) is 5.10 Å². The van der Waals surface area contributed by atoms with Gasteiger partial charge >= 0.3 is 0 Å². The van der Waals surface area contributed by atoms with Crippen LogP contribution in [0.15, 0.2) is 49.1 Å². The maximum atomic E-state index is 9.87. The average Bonchev–Trinajstić information content (AvgIpc) is 3.11. The number of ether oxygens (including phenoxy) is 1. The van der Waals surface area contributed by atoms with Gasteiger partial charge in [0.05, 0.1) is 12.8 Å². The van der Waals surface area contributed by atoms with E-state index in [9.17, 15) is 5.11 Å². The number of nitrogens with zero attached hydrogens (tertiary/aromatic N) is 3. The molecular formula is C18H17N3O2. The van der Waals surface area contributed by atoms with E-state index < -0.39 is 0 Å². The molecule has 3 rings (SSSR count). The monoisotopic (exact) mass is 307 g/mol. The van der Waals surface area contributed by atoms with Crippen LogP contribution in [0.1, 0.15) is 16.7 Å². The fraction of sp³-hybridized carbons (Fsp3) is 0.111. The van der Waals surface area contributed by atoms with Gasteiger partial charge in [0.25, 0.3) is 0 Å². The lowest BCUT2D eigenvalue weighted by atomic mass is 10.1. The molecule has 0 saturated heterocycles. The van der Waals surface area contributed by atoms with Crippen LogP contribution >= 0.6 is 0 Å². The minimum Gasteiger partial charge on any atom is -0.504 e. The molecule has 5 heteroatoms. The molecule has 0 aliphatic heterocycles. The standard InChI is InChI=1S/C18H17N3O2/c1-13-9-15(10-17(23-2)18(13)22)4-3-14-5-7-16(8-6-14)21-12-19-11-20-21/h3-12,22H,1-2H3/b4-3+. The van der Waals surface area contributed by atoms with Gasteiger partial charge in [0.15, 0.2) is 11.5 Å². The molecule has 3 aromatic rings. The molecule has 1 heterocycles. The lowest BCUT2D eigenvalue weighted by Crippen LogP contribution is -1.93. The van der Waals surface area contributed by atoms with Gasteiger partial charge in [0.2, 0.25) is 0 Å². The third kappa shape index (κ3) is 3.23. The Hall–Kier alpha value is -3.08. The van der Waals surface area contributed by atoms with E-state index in [-0.39, 0.29) is 5.75 Å². The molecule has 1 N–H and O–H groups in total. The molecule has 0 spiro atoms. The first kappa shape index (κ1) is 14.8. The summed E-state index contributed by atoms with van der Waals surface area (Å²) in [6, 6.07) is 11.7. The minimum atomic E-state index is 0.182. The minimum absolute atomic E-state index is 0.182. The summed E-state index contributed by atoms with van der Waals surface area (Å²) in [5, 5.41) is 14.0. The largest absolute Gasteiger partial charge is 0.504 e. The van der Waals surface area contributed by atoms with Gasteiger partial charge in [0, 0.05) is 0 Å². The predicted octanol–water partition coefficient (Wildman–Crippen LogP) is 3.46. The van der Waals surface area contributed by atoms with Crippen molar-refractivity contribution in [1.29, 1.82) is 0 Å². The van der Waals surface area contributed by atoms with E-state index in [1.165, 1.54) is 6.33 Å². The number of aromatic nitrogens is 3. The topological polar surface area (TPSA) is 60.2 Å². The quantitative estimate of drug-likeness (QED) is 0.750. The molecule has 5 nitrogen and oxygen atoms in total. The van der Waals surface area contributed by atoms with Crippen LogP contribution in [0.5, 0.6) is 11.5 Å². The molecule has 116 valence electrons. The highest BCUT2D eigenvalue weighted by Gasteiger charge is 2.05. The highest BCUT2D eigenvalue weighted by Crippen LogP contribution is 2.31. The zero-order valence-corrected chi connectivity index (χ0v) is 13.0. The Morgan fingerprint density at radius 3 is 2.48 bits per heavy atom. The molecule has 0 aliphatic rings. The van der Waals surface area contributed by atoms with E-state index in [1.807, 2.05) is 55.5 Å². The predicted molar refractivity (Wildman–Crippen MR) is 89.7 cm³/mol. The van der Waals surface area contributed by atoms with Crippen molar-refractivity contribution in [2.24, 2.45) is 0 Å². The lowest BCUT2D eigenvalue weighted by Gasteiger charge is -2.07. The third-order valence-electron chi connectivity index (χ3n) is 3.55. The summed E-state index contributed by atoms with van der Waals surface area (Å²) in [6.07, 6.45) is 7.17. The Labute approximate surface area is 134 Å². The van der Waals surface area contributed by atoms with E-state index in [4.69, 9.17) is 4.74 Å². The fourth-order valence-corrected chi connectivity index (χ4v) is 2.30. The van der Waals surface area contributed by atoms with Gasteiger partial charge in [-0.25, -0.2) is 9.67 Å². The maximum Gasteiger partial charge on any atom is 0.161 e. The zero-order chi connectivity index (χ0) is 16.2. The van der Waals surface area contributed by atoms with Gasteiger partial charge in [-0.15, -0.1) is 0 Å². The molecule has 0 unspecified atom stereocenters. The second-order valence-electron chi connectivity index (χ2n) is 5.15. The average molecular weight is 307 g/mol.